The van der Waals surface area contributed by atoms with Gasteiger partial charge >= 0.3 is 11.9 Å². The number of carbonyl (C=O) groups excluding carboxylic acids is 1. The van der Waals surface area contributed by atoms with E-state index < -0.39 is 17.9 Å². The molecule has 0 radical (unpaired) electrons. The minimum Gasteiger partial charge on any atom is -0.477 e. The first-order valence-corrected chi connectivity index (χ1v) is 4.33. The van der Waals surface area contributed by atoms with Crippen molar-refractivity contribution in [3.05, 3.63) is 29.6 Å². The van der Waals surface area contributed by atoms with E-state index in [0.29, 0.717) is 5.56 Å². The molecule has 0 saturated carbocycles. The highest BCUT2D eigenvalue weighted by atomic mass is 16.5. The van der Waals surface area contributed by atoms with Crippen LogP contribution in [0.5, 0.6) is 0 Å². The van der Waals surface area contributed by atoms with Crippen LogP contribution in [-0.2, 0) is 9.53 Å². The number of methoxy groups -OCH3 is 1. The SMILES string of the molecule is COC(=O)C(C)c1ccnc(C(=O)O)c1. The third kappa shape index (κ3) is 2.52. The van der Waals surface area contributed by atoms with Crippen LogP contribution in [0.2, 0.25) is 0 Å². The lowest BCUT2D eigenvalue weighted by Crippen LogP contribution is -2.12. The number of aromatic nitrogens is 1. The molecule has 80 valence electrons. The number of hydrogen-bond donors (Lipinski definition) is 1. The molecule has 0 amide bonds. The first-order valence-electron chi connectivity index (χ1n) is 4.33. The Morgan fingerprint density at radius 1 is 1.53 bits per heavy atom. The standard InChI is InChI=1S/C10H11NO4/c1-6(10(14)15-2)7-3-4-11-8(5-7)9(12)13/h3-6H,1-2H3,(H,12,13). The third-order valence-electron chi connectivity index (χ3n) is 2.06. The van der Waals surface area contributed by atoms with Gasteiger partial charge in [-0.3, -0.25) is 4.79 Å². The van der Waals surface area contributed by atoms with Crippen LogP contribution in [0.4, 0.5) is 0 Å². The van der Waals surface area contributed by atoms with Crippen molar-refractivity contribution in [2.75, 3.05) is 7.11 Å². The van der Waals surface area contributed by atoms with E-state index in [4.69, 9.17) is 5.11 Å². The van der Waals surface area contributed by atoms with Crippen LogP contribution in [-0.4, -0.2) is 29.1 Å². The number of ether oxygens (including phenoxy) is 1. The summed E-state index contributed by atoms with van der Waals surface area (Å²) in [6, 6.07) is 2.96. The van der Waals surface area contributed by atoms with Crippen LogP contribution < -0.4 is 0 Å². The Labute approximate surface area is 86.7 Å². The minimum atomic E-state index is -1.12. The zero-order valence-corrected chi connectivity index (χ0v) is 8.43. The number of nitrogens with zero attached hydrogens (tertiary/aromatic N) is 1. The number of carboxylic acids is 1. The number of carboxylic acid groups (broad SMARTS) is 1. The van der Waals surface area contributed by atoms with Gasteiger partial charge in [-0.15, -0.1) is 0 Å². The van der Waals surface area contributed by atoms with Crippen molar-refractivity contribution in [1.82, 2.24) is 4.98 Å². The molecular weight excluding hydrogens is 198 g/mol. The van der Waals surface area contributed by atoms with Gasteiger partial charge in [-0.1, -0.05) is 0 Å². The molecular formula is C10H11NO4. The Hall–Kier alpha value is -1.91. The maximum Gasteiger partial charge on any atom is 0.354 e. The van der Waals surface area contributed by atoms with Gasteiger partial charge in [0.2, 0.25) is 0 Å². The maximum absolute atomic E-state index is 11.2. The highest BCUT2D eigenvalue weighted by Crippen LogP contribution is 2.16. The lowest BCUT2D eigenvalue weighted by atomic mass is 10.0. The molecule has 1 atom stereocenters. The van der Waals surface area contributed by atoms with Gasteiger partial charge < -0.3 is 9.84 Å². The van der Waals surface area contributed by atoms with Gasteiger partial charge in [-0.2, -0.15) is 0 Å². The number of pyridine rings is 1. The van der Waals surface area contributed by atoms with Crippen molar-refractivity contribution < 1.29 is 19.4 Å². The zero-order chi connectivity index (χ0) is 11.4. The molecule has 1 aromatic rings. The molecule has 0 aliphatic carbocycles. The molecule has 0 aliphatic heterocycles. The number of aromatic carboxylic acids is 1. The average molecular weight is 209 g/mol. The summed E-state index contributed by atoms with van der Waals surface area (Å²) in [5.41, 5.74) is 0.498. The van der Waals surface area contributed by atoms with E-state index in [1.807, 2.05) is 0 Å². The highest BCUT2D eigenvalue weighted by molar-refractivity contribution is 5.86. The van der Waals surface area contributed by atoms with Gasteiger partial charge in [-0.25, -0.2) is 9.78 Å². The van der Waals surface area contributed by atoms with Crippen molar-refractivity contribution in [2.24, 2.45) is 0 Å². The van der Waals surface area contributed by atoms with Gasteiger partial charge in [0.1, 0.15) is 5.69 Å². The summed E-state index contributed by atoms with van der Waals surface area (Å²) in [6.07, 6.45) is 1.36. The van der Waals surface area contributed by atoms with Gasteiger partial charge in [0.15, 0.2) is 0 Å². The van der Waals surface area contributed by atoms with Crippen LogP contribution in [0.15, 0.2) is 18.3 Å². The largest absolute Gasteiger partial charge is 0.477 e. The first-order chi connectivity index (χ1) is 7.06. The second-order valence-electron chi connectivity index (χ2n) is 3.02. The first kappa shape index (κ1) is 11.2. The predicted octanol–water partition coefficient (Wildman–Crippen LogP) is 1.06. The summed E-state index contributed by atoms with van der Waals surface area (Å²) in [5.74, 6) is -2.01. The van der Waals surface area contributed by atoms with Crippen LogP contribution in [0.1, 0.15) is 28.9 Å². The molecule has 0 aromatic carbocycles. The van der Waals surface area contributed by atoms with Crippen LogP contribution in [0, 0.1) is 0 Å². The summed E-state index contributed by atoms with van der Waals surface area (Å²) in [5, 5.41) is 8.71. The normalized spacial score (nSPS) is 11.9. The minimum absolute atomic E-state index is 0.0803. The summed E-state index contributed by atoms with van der Waals surface area (Å²) in [4.78, 5) is 25.5. The van der Waals surface area contributed by atoms with Gasteiger partial charge in [0.05, 0.1) is 13.0 Å². The lowest BCUT2D eigenvalue weighted by molar-refractivity contribution is -0.142. The molecule has 5 heteroatoms. The molecule has 5 nitrogen and oxygen atoms in total. The molecule has 0 fully saturated rings. The Kier molecular flexibility index (Phi) is 3.38. The quantitative estimate of drug-likeness (QED) is 0.753. The number of rotatable bonds is 3. The molecule has 0 spiro atoms. The van der Waals surface area contributed by atoms with E-state index in [0.717, 1.165) is 0 Å². The topological polar surface area (TPSA) is 76.5 Å². The fourth-order valence-electron chi connectivity index (χ4n) is 1.15. The Balaban J connectivity index is 3.00. The average Bonchev–Trinajstić information content (AvgIpc) is 2.27. The molecule has 0 aliphatic rings. The van der Waals surface area contributed by atoms with Gasteiger partial charge in [-0.05, 0) is 24.6 Å². The molecule has 1 unspecified atom stereocenters. The van der Waals surface area contributed by atoms with E-state index in [-0.39, 0.29) is 5.69 Å². The summed E-state index contributed by atoms with van der Waals surface area (Å²) < 4.78 is 4.56. The van der Waals surface area contributed by atoms with Gasteiger partial charge in [0.25, 0.3) is 0 Å². The van der Waals surface area contributed by atoms with Gasteiger partial charge in [0, 0.05) is 6.20 Å². The third-order valence-corrected chi connectivity index (χ3v) is 2.06. The fraction of sp³-hybridized carbons (Fsp3) is 0.300. The predicted molar refractivity (Wildman–Crippen MR) is 51.6 cm³/mol. The lowest BCUT2D eigenvalue weighted by Gasteiger charge is -2.09. The molecule has 1 heterocycles. The summed E-state index contributed by atoms with van der Waals surface area (Å²) >= 11 is 0. The molecule has 1 aromatic heterocycles. The summed E-state index contributed by atoms with van der Waals surface area (Å²) in [7, 11) is 1.29. The second kappa shape index (κ2) is 4.54. The smallest absolute Gasteiger partial charge is 0.354 e. The summed E-state index contributed by atoms with van der Waals surface area (Å²) in [6.45, 7) is 1.65. The molecule has 1 N–H and O–H groups in total. The van der Waals surface area contributed by atoms with Crippen molar-refractivity contribution >= 4 is 11.9 Å². The molecule has 0 saturated heterocycles. The Morgan fingerprint density at radius 3 is 2.73 bits per heavy atom. The van der Waals surface area contributed by atoms with Crippen molar-refractivity contribution in [2.45, 2.75) is 12.8 Å². The number of hydrogen-bond acceptors (Lipinski definition) is 4. The van der Waals surface area contributed by atoms with E-state index >= 15 is 0 Å². The maximum atomic E-state index is 11.2. The van der Waals surface area contributed by atoms with Crippen molar-refractivity contribution in [3.8, 4) is 0 Å². The Morgan fingerprint density at radius 2 is 2.20 bits per heavy atom. The molecule has 1 rings (SSSR count). The fourth-order valence-corrected chi connectivity index (χ4v) is 1.15. The highest BCUT2D eigenvalue weighted by Gasteiger charge is 2.17. The van der Waals surface area contributed by atoms with Crippen LogP contribution in [0.25, 0.3) is 0 Å². The zero-order valence-electron chi connectivity index (χ0n) is 8.43. The molecule has 0 bridgehead atoms. The van der Waals surface area contributed by atoms with Crippen LogP contribution in [0.3, 0.4) is 0 Å². The number of esters is 1. The van der Waals surface area contributed by atoms with E-state index in [9.17, 15) is 9.59 Å². The monoisotopic (exact) mass is 209 g/mol. The number of carbonyl (C=O) groups is 2. The molecule has 15 heavy (non-hydrogen) atoms. The van der Waals surface area contributed by atoms with Crippen molar-refractivity contribution in [1.29, 1.82) is 0 Å². The van der Waals surface area contributed by atoms with E-state index in [1.54, 1.807) is 13.0 Å². The second-order valence-corrected chi connectivity index (χ2v) is 3.02. The van der Waals surface area contributed by atoms with E-state index in [2.05, 4.69) is 9.72 Å². The van der Waals surface area contributed by atoms with Crippen LogP contribution >= 0.6 is 0 Å². The van der Waals surface area contributed by atoms with Crippen molar-refractivity contribution in [3.63, 3.8) is 0 Å². The van der Waals surface area contributed by atoms with E-state index in [1.165, 1.54) is 19.4 Å². The Bertz CT molecular complexity index is 389.